The van der Waals surface area contributed by atoms with E-state index in [1.807, 2.05) is 0 Å². The lowest BCUT2D eigenvalue weighted by atomic mass is 10.00. The monoisotopic (exact) mass is 312 g/mol. The molecule has 0 atom stereocenters. The minimum absolute atomic E-state index is 0.0669. The molecule has 0 fully saturated rings. The molecule has 0 heterocycles. The first kappa shape index (κ1) is 14.5. The Bertz CT molecular complexity index is 666. The first-order valence-corrected chi connectivity index (χ1v) is 6.36. The summed E-state index contributed by atoms with van der Waals surface area (Å²) in [5.74, 6) is -2.14. The Labute approximate surface area is 124 Å². The smallest absolute Gasteiger partial charge is 0.339 e. The van der Waals surface area contributed by atoms with Gasteiger partial charge in [-0.3, -0.25) is 0 Å². The van der Waals surface area contributed by atoms with E-state index >= 15 is 0 Å². The molecule has 0 aliphatic rings. The van der Waals surface area contributed by atoms with Crippen LogP contribution in [0.5, 0.6) is 11.5 Å². The molecule has 2 rings (SSSR count). The van der Waals surface area contributed by atoms with Crippen LogP contribution in [0.3, 0.4) is 0 Å². The summed E-state index contributed by atoms with van der Waals surface area (Å²) < 4.78 is 0. The van der Waals surface area contributed by atoms with E-state index in [4.69, 9.17) is 28.3 Å². The quantitative estimate of drug-likeness (QED) is 0.807. The van der Waals surface area contributed by atoms with Gasteiger partial charge in [-0.15, -0.1) is 0 Å². The number of halogens is 2. The van der Waals surface area contributed by atoms with Gasteiger partial charge in [0.05, 0.1) is 5.02 Å². The minimum Gasteiger partial charge on any atom is -0.507 e. The topological polar surface area (TPSA) is 77.8 Å². The van der Waals surface area contributed by atoms with Crippen molar-refractivity contribution in [2.45, 2.75) is 6.42 Å². The Balaban J connectivity index is 2.50. The molecular formula is C14H10Cl2O4. The lowest BCUT2D eigenvalue weighted by molar-refractivity contribution is 0.0693. The molecule has 0 bridgehead atoms. The summed E-state index contributed by atoms with van der Waals surface area (Å²) >= 11 is 11.6. The molecule has 0 aliphatic heterocycles. The van der Waals surface area contributed by atoms with Crippen LogP contribution in [-0.4, -0.2) is 21.3 Å². The number of hydrogen-bond donors (Lipinski definition) is 3. The summed E-state index contributed by atoms with van der Waals surface area (Å²) in [7, 11) is 0. The number of carboxylic acid groups (broad SMARTS) is 1. The fourth-order valence-electron chi connectivity index (χ4n) is 1.82. The van der Waals surface area contributed by atoms with Crippen molar-refractivity contribution >= 4 is 29.2 Å². The molecule has 0 amide bonds. The molecule has 6 heteroatoms. The molecule has 0 saturated heterocycles. The zero-order chi connectivity index (χ0) is 14.9. The fraction of sp³-hybridized carbons (Fsp3) is 0.0714. The maximum absolute atomic E-state index is 11.0. The Morgan fingerprint density at radius 3 is 2.20 bits per heavy atom. The van der Waals surface area contributed by atoms with Gasteiger partial charge in [-0.25, -0.2) is 4.79 Å². The highest BCUT2D eigenvalue weighted by atomic mass is 35.5. The van der Waals surface area contributed by atoms with Crippen LogP contribution in [0.25, 0.3) is 0 Å². The Morgan fingerprint density at radius 2 is 1.65 bits per heavy atom. The Kier molecular flexibility index (Phi) is 4.06. The summed E-state index contributed by atoms with van der Waals surface area (Å²) in [5.41, 5.74) is 0.465. The van der Waals surface area contributed by atoms with E-state index in [2.05, 4.69) is 0 Å². The number of benzene rings is 2. The highest BCUT2D eigenvalue weighted by molar-refractivity contribution is 6.32. The van der Waals surface area contributed by atoms with E-state index in [9.17, 15) is 15.0 Å². The number of rotatable bonds is 3. The molecule has 0 radical (unpaired) electrons. The summed E-state index contributed by atoms with van der Waals surface area (Å²) in [6, 6.07) is 7.76. The highest BCUT2D eigenvalue weighted by Crippen LogP contribution is 2.38. The predicted octanol–water partition coefficient (Wildman–Crippen LogP) is 3.69. The molecule has 20 heavy (non-hydrogen) atoms. The maximum atomic E-state index is 11.0. The van der Waals surface area contributed by atoms with Crippen molar-refractivity contribution in [2.24, 2.45) is 0 Å². The number of hydrogen-bond acceptors (Lipinski definition) is 3. The van der Waals surface area contributed by atoms with Gasteiger partial charge in [0.2, 0.25) is 0 Å². The highest BCUT2D eigenvalue weighted by Gasteiger charge is 2.20. The summed E-state index contributed by atoms with van der Waals surface area (Å²) in [5, 5.41) is 29.3. The van der Waals surface area contributed by atoms with Crippen molar-refractivity contribution in [1.82, 2.24) is 0 Å². The Hall–Kier alpha value is -1.91. The second kappa shape index (κ2) is 5.61. The number of aromatic hydroxyl groups is 2. The van der Waals surface area contributed by atoms with Crippen LogP contribution in [0.4, 0.5) is 0 Å². The van der Waals surface area contributed by atoms with Crippen LogP contribution in [0, 0.1) is 0 Å². The molecule has 104 valence electrons. The molecule has 0 spiro atoms. The average Bonchev–Trinajstić information content (AvgIpc) is 2.40. The number of carboxylic acids is 1. The van der Waals surface area contributed by atoms with Crippen LogP contribution < -0.4 is 0 Å². The maximum Gasteiger partial charge on any atom is 0.339 e. The first-order valence-electron chi connectivity index (χ1n) is 5.61. The van der Waals surface area contributed by atoms with E-state index in [0.717, 1.165) is 11.6 Å². The summed E-state index contributed by atoms with van der Waals surface area (Å²) in [6.07, 6.45) is 0.135. The normalized spacial score (nSPS) is 10.5. The number of phenolic OH excluding ortho intramolecular Hbond substituents is 1. The van der Waals surface area contributed by atoms with Crippen LogP contribution in [0.2, 0.25) is 10.0 Å². The van der Waals surface area contributed by atoms with Gasteiger partial charge in [0.15, 0.2) is 0 Å². The third-order valence-corrected chi connectivity index (χ3v) is 3.39. The van der Waals surface area contributed by atoms with E-state index in [-0.39, 0.29) is 28.3 Å². The van der Waals surface area contributed by atoms with Crippen molar-refractivity contribution in [1.29, 1.82) is 0 Å². The number of carbonyl (C=O) groups is 1. The van der Waals surface area contributed by atoms with Crippen molar-refractivity contribution in [3.63, 3.8) is 0 Å². The molecule has 2 aromatic carbocycles. The predicted molar refractivity (Wildman–Crippen MR) is 76.0 cm³/mol. The van der Waals surface area contributed by atoms with Gasteiger partial charge in [-0.2, -0.15) is 0 Å². The molecular weight excluding hydrogens is 303 g/mol. The average molecular weight is 313 g/mol. The zero-order valence-electron chi connectivity index (χ0n) is 10.1. The lowest BCUT2D eigenvalue weighted by Crippen LogP contribution is -2.01. The van der Waals surface area contributed by atoms with Crippen molar-refractivity contribution in [3.05, 3.63) is 57.1 Å². The van der Waals surface area contributed by atoms with Crippen molar-refractivity contribution in [3.8, 4) is 11.5 Å². The van der Waals surface area contributed by atoms with Crippen molar-refractivity contribution < 1.29 is 20.1 Å². The molecule has 3 N–H and O–H groups in total. The van der Waals surface area contributed by atoms with E-state index < -0.39 is 11.7 Å². The molecule has 2 aromatic rings. The van der Waals surface area contributed by atoms with Gasteiger partial charge < -0.3 is 15.3 Å². The number of aromatic carboxylic acids is 1. The van der Waals surface area contributed by atoms with E-state index in [1.165, 1.54) is 0 Å². The largest absolute Gasteiger partial charge is 0.507 e. The second-order valence-electron chi connectivity index (χ2n) is 4.19. The van der Waals surface area contributed by atoms with E-state index in [1.54, 1.807) is 24.3 Å². The molecule has 0 unspecified atom stereocenters. The molecule has 0 saturated carbocycles. The van der Waals surface area contributed by atoms with Crippen LogP contribution in [0.1, 0.15) is 21.5 Å². The van der Waals surface area contributed by atoms with E-state index in [0.29, 0.717) is 5.02 Å². The third kappa shape index (κ3) is 2.81. The van der Waals surface area contributed by atoms with Gasteiger partial charge in [-0.1, -0.05) is 35.3 Å². The van der Waals surface area contributed by atoms with Gasteiger partial charge in [0, 0.05) is 17.0 Å². The van der Waals surface area contributed by atoms with Gasteiger partial charge in [0.25, 0.3) is 0 Å². The SMILES string of the molecule is O=C(O)c1cc(Cl)c(O)c(Cc2ccc(Cl)cc2)c1O. The molecule has 0 aromatic heterocycles. The summed E-state index contributed by atoms with van der Waals surface area (Å²) in [6.45, 7) is 0. The summed E-state index contributed by atoms with van der Waals surface area (Å²) in [4.78, 5) is 11.0. The van der Waals surface area contributed by atoms with Crippen LogP contribution >= 0.6 is 23.2 Å². The van der Waals surface area contributed by atoms with Crippen molar-refractivity contribution in [2.75, 3.05) is 0 Å². The third-order valence-electron chi connectivity index (χ3n) is 2.85. The zero-order valence-corrected chi connectivity index (χ0v) is 11.6. The standard InChI is InChI=1S/C14H10Cl2O4/c15-8-3-1-7(2-4-8)5-9-12(17)10(14(19)20)6-11(16)13(9)18/h1-4,6,17-18H,5H2,(H,19,20). The Morgan fingerprint density at radius 1 is 1.05 bits per heavy atom. The van der Waals surface area contributed by atoms with Crippen LogP contribution in [-0.2, 0) is 6.42 Å². The molecule has 0 aliphatic carbocycles. The number of phenols is 2. The van der Waals surface area contributed by atoms with Gasteiger partial charge in [0.1, 0.15) is 17.1 Å². The fourth-order valence-corrected chi connectivity index (χ4v) is 2.17. The van der Waals surface area contributed by atoms with Gasteiger partial charge >= 0.3 is 5.97 Å². The van der Waals surface area contributed by atoms with Crippen LogP contribution in [0.15, 0.2) is 30.3 Å². The molecule has 4 nitrogen and oxygen atoms in total. The van der Waals surface area contributed by atoms with Gasteiger partial charge in [-0.05, 0) is 23.8 Å². The second-order valence-corrected chi connectivity index (χ2v) is 5.03. The minimum atomic E-state index is -1.32. The first-order chi connectivity index (χ1) is 9.40. The lowest BCUT2D eigenvalue weighted by Gasteiger charge is -2.11.